The first-order chi connectivity index (χ1) is 12.8. The monoisotopic (exact) mass is 352 g/mol. The van der Waals surface area contributed by atoms with Gasteiger partial charge in [0.25, 0.3) is 0 Å². The van der Waals surface area contributed by atoms with E-state index in [1.165, 1.54) is 11.6 Å². The van der Waals surface area contributed by atoms with Crippen LogP contribution >= 0.6 is 0 Å². The first-order valence-corrected chi connectivity index (χ1v) is 8.39. The molecule has 4 nitrogen and oxygen atoms in total. The van der Waals surface area contributed by atoms with E-state index < -0.39 is 0 Å². The maximum atomic E-state index is 13.8. The molecule has 0 spiro atoms. The third-order valence-corrected chi connectivity index (χ3v) is 3.98. The zero-order valence-electron chi connectivity index (χ0n) is 14.6. The Balaban J connectivity index is 1.63. The second-order valence-electron chi connectivity index (χ2n) is 5.82. The average molecular weight is 352 g/mol. The van der Waals surface area contributed by atoms with Crippen molar-refractivity contribution in [3.63, 3.8) is 0 Å². The topological polar surface area (TPSA) is 43.4 Å². The van der Waals surface area contributed by atoms with E-state index in [0.717, 1.165) is 12.1 Å². The number of rotatable bonds is 8. The molecule has 1 heterocycles. The standard InChI is InChI=1S/C21H21FN2O2/c1-25-20-7-6-17(14-24-13-16-8-10-23-11-9-16)12-21(20)26-15-18-4-2-3-5-19(18)22/h2-12,24H,13-15H2,1H3. The van der Waals surface area contributed by atoms with Gasteiger partial charge in [-0.1, -0.05) is 24.3 Å². The van der Waals surface area contributed by atoms with Crippen molar-refractivity contribution in [2.45, 2.75) is 19.7 Å². The molecule has 0 unspecified atom stereocenters. The molecular formula is C21H21FN2O2. The third-order valence-electron chi connectivity index (χ3n) is 3.98. The first-order valence-electron chi connectivity index (χ1n) is 8.39. The second-order valence-corrected chi connectivity index (χ2v) is 5.82. The molecule has 0 saturated heterocycles. The zero-order valence-corrected chi connectivity index (χ0v) is 14.6. The normalized spacial score (nSPS) is 10.5. The zero-order chi connectivity index (χ0) is 18.2. The highest BCUT2D eigenvalue weighted by Crippen LogP contribution is 2.29. The van der Waals surface area contributed by atoms with Gasteiger partial charge in [-0.2, -0.15) is 0 Å². The molecule has 26 heavy (non-hydrogen) atoms. The molecule has 0 amide bonds. The van der Waals surface area contributed by atoms with Gasteiger partial charge >= 0.3 is 0 Å². The molecule has 0 fully saturated rings. The van der Waals surface area contributed by atoms with E-state index in [0.29, 0.717) is 23.6 Å². The molecule has 0 radical (unpaired) electrons. The maximum Gasteiger partial charge on any atom is 0.161 e. The van der Waals surface area contributed by atoms with E-state index in [4.69, 9.17) is 9.47 Å². The molecule has 5 heteroatoms. The van der Waals surface area contributed by atoms with Gasteiger partial charge in [0.15, 0.2) is 11.5 Å². The summed E-state index contributed by atoms with van der Waals surface area (Å²) in [6, 6.07) is 16.3. The number of aromatic nitrogens is 1. The average Bonchev–Trinajstić information content (AvgIpc) is 2.68. The fraction of sp³-hybridized carbons (Fsp3) is 0.190. The summed E-state index contributed by atoms with van der Waals surface area (Å²) in [4.78, 5) is 4.01. The quantitative estimate of drug-likeness (QED) is 0.663. The molecule has 0 bridgehead atoms. The molecular weight excluding hydrogens is 331 g/mol. The summed E-state index contributed by atoms with van der Waals surface area (Å²) in [6.07, 6.45) is 3.55. The Hall–Kier alpha value is -2.92. The lowest BCUT2D eigenvalue weighted by molar-refractivity contribution is 0.279. The third kappa shape index (κ3) is 4.80. The summed E-state index contributed by atoms with van der Waals surface area (Å²) >= 11 is 0. The summed E-state index contributed by atoms with van der Waals surface area (Å²) in [5.41, 5.74) is 2.74. The Labute approximate surface area is 152 Å². The summed E-state index contributed by atoms with van der Waals surface area (Å²) in [6.45, 7) is 1.58. The number of nitrogens with zero attached hydrogens (tertiary/aromatic N) is 1. The molecule has 0 aliphatic carbocycles. The smallest absolute Gasteiger partial charge is 0.161 e. The van der Waals surface area contributed by atoms with Crippen molar-refractivity contribution < 1.29 is 13.9 Å². The fourth-order valence-electron chi connectivity index (χ4n) is 2.57. The van der Waals surface area contributed by atoms with E-state index in [1.807, 2.05) is 30.3 Å². The van der Waals surface area contributed by atoms with Crippen molar-refractivity contribution in [2.24, 2.45) is 0 Å². The van der Waals surface area contributed by atoms with Crippen molar-refractivity contribution in [2.75, 3.05) is 7.11 Å². The molecule has 0 saturated carbocycles. The molecule has 1 N–H and O–H groups in total. The molecule has 134 valence electrons. The van der Waals surface area contributed by atoms with Crippen LogP contribution in [-0.2, 0) is 19.7 Å². The molecule has 0 atom stereocenters. The van der Waals surface area contributed by atoms with Crippen molar-refractivity contribution >= 4 is 0 Å². The van der Waals surface area contributed by atoms with Crippen LogP contribution in [0.5, 0.6) is 11.5 Å². The van der Waals surface area contributed by atoms with Gasteiger partial charge < -0.3 is 14.8 Å². The van der Waals surface area contributed by atoms with E-state index >= 15 is 0 Å². The molecule has 0 aliphatic heterocycles. The summed E-state index contributed by atoms with van der Waals surface area (Å²) in [5.74, 6) is 0.944. The van der Waals surface area contributed by atoms with Crippen molar-refractivity contribution in [3.8, 4) is 11.5 Å². The van der Waals surface area contributed by atoms with Crippen molar-refractivity contribution in [3.05, 3.63) is 89.5 Å². The molecule has 1 aromatic heterocycles. The SMILES string of the molecule is COc1ccc(CNCc2ccncc2)cc1OCc1ccccc1F. The highest BCUT2D eigenvalue weighted by Gasteiger charge is 2.08. The number of ether oxygens (including phenoxy) is 2. The minimum Gasteiger partial charge on any atom is -0.493 e. The molecule has 2 aromatic carbocycles. The number of methoxy groups -OCH3 is 1. The number of hydrogen-bond donors (Lipinski definition) is 1. The molecule has 0 aliphatic rings. The largest absolute Gasteiger partial charge is 0.493 e. The van der Waals surface area contributed by atoms with Gasteiger partial charge in [-0.05, 0) is 41.5 Å². The highest BCUT2D eigenvalue weighted by atomic mass is 19.1. The van der Waals surface area contributed by atoms with Crippen LogP contribution in [0, 0.1) is 5.82 Å². The van der Waals surface area contributed by atoms with Crippen molar-refractivity contribution in [1.82, 2.24) is 10.3 Å². The van der Waals surface area contributed by atoms with Crippen LogP contribution in [0.15, 0.2) is 67.0 Å². The van der Waals surface area contributed by atoms with Crippen LogP contribution in [0.4, 0.5) is 4.39 Å². The minimum absolute atomic E-state index is 0.150. The van der Waals surface area contributed by atoms with Crippen LogP contribution in [0.25, 0.3) is 0 Å². The van der Waals surface area contributed by atoms with E-state index in [2.05, 4.69) is 10.3 Å². The maximum absolute atomic E-state index is 13.8. The van der Waals surface area contributed by atoms with Gasteiger partial charge in [0.2, 0.25) is 0 Å². The number of pyridine rings is 1. The van der Waals surface area contributed by atoms with Gasteiger partial charge in [-0.3, -0.25) is 4.98 Å². The van der Waals surface area contributed by atoms with Gasteiger partial charge in [-0.25, -0.2) is 4.39 Å². The number of nitrogens with one attached hydrogen (secondary N) is 1. The molecule has 3 rings (SSSR count). The van der Waals surface area contributed by atoms with Crippen molar-refractivity contribution in [1.29, 1.82) is 0 Å². The Kier molecular flexibility index (Phi) is 6.17. The Morgan fingerprint density at radius 3 is 2.46 bits per heavy atom. The summed E-state index contributed by atoms with van der Waals surface area (Å²) < 4.78 is 24.9. The minimum atomic E-state index is -0.276. The van der Waals surface area contributed by atoms with E-state index in [-0.39, 0.29) is 12.4 Å². The predicted molar refractivity (Wildman–Crippen MR) is 98.5 cm³/mol. The Morgan fingerprint density at radius 2 is 1.69 bits per heavy atom. The summed E-state index contributed by atoms with van der Waals surface area (Å²) in [5, 5.41) is 3.38. The Bertz CT molecular complexity index is 840. The summed E-state index contributed by atoms with van der Waals surface area (Å²) in [7, 11) is 1.59. The Morgan fingerprint density at radius 1 is 0.923 bits per heavy atom. The van der Waals surface area contributed by atoms with Gasteiger partial charge in [0.1, 0.15) is 12.4 Å². The lowest BCUT2D eigenvalue weighted by Gasteiger charge is -2.13. The predicted octanol–water partition coefficient (Wildman–Crippen LogP) is 4.10. The lowest BCUT2D eigenvalue weighted by Crippen LogP contribution is -2.12. The first kappa shape index (κ1) is 17.9. The van der Waals surface area contributed by atoms with Crippen LogP contribution < -0.4 is 14.8 Å². The van der Waals surface area contributed by atoms with Gasteiger partial charge in [0.05, 0.1) is 7.11 Å². The van der Waals surface area contributed by atoms with Crippen LogP contribution in [0.3, 0.4) is 0 Å². The highest BCUT2D eigenvalue weighted by molar-refractivity contribution is 5.43. The van der Waals surface area contributed by atoms with E-state index in [9.17, 15) is 4.39 Å². The fourth-order valence-corrected chi connectivity index (χ4v) is 2.57. The van der Waals surface area contributed by atoms with Gasteiger partial charge in [0, 0.05) is 31.0 Å². The number of halogens is 1. The molecule has 3 aromatic rings. The van der Waals surface area contributed by atoms with Crippen LogP contribution in [0.2, 0.25) is 0 Å². The second kappa shape index (κ2) is 8.97. The lowest BCUT2D eigenvalue weighted by atomic mass is 10.2. The van der Waals surface area contributed by atoms with Crippen LogP contribution in [0.1, 0.15) is 16.7 Å². The number of benzene rings is 2. The van der Waals surface area contributed by atoms with Crippen LogP contribution in [-0.4, -0.2) is 12.1 Å². The van der Waals surface area contributed by atoms with E-state index in [1.54, 1.807) is 37.7 Å². The number of hydrogen-bond acceptors (Lipinski definition) is 4. The van der Waals surface area contributed by atoms with Gasteiger partial charge in [-0.15, -0.1) is 0 Å².